The number of hydrogen-bond donors (Lipinski definition) is 1. The summed E-state index contributed by atoms with van der Waals surface area (Å²) >= 11 is 0. The van der Waals surface area contributed by atoms with E-state index in [1.165, 1.54) is 11.1 Å². The smallest absolute Gasteiger partial charge is 0.0613 e. The minimum absolute atomic E-state index is 0. The van der Waals surface area contributed by atoms with Gasteiger partial charge < -0.3 is 27.0 Å². The average Bonchev–Trinajstić information content (AvgIpc) is 2.15. The van der Waals surface area contributed by atoms with Crippen LogP contribution < -0.4 is 22.3 Å². The van der Waals surface area contributed by atoms with Crippen molar-refractivity contribution in [2.24, 2.45) is 0 Å². The van der Waals surface area contributed by atoms with Crippen LogP contribution in [0.1, 0.15) is 18.1 Å². The van der Waals surface area contributed by atoms with Crippen LogP contribution in [0.2, 0.25) is 0 Å². The number of methoxy groups -OCH3 is 1. The van der Waals surface area contributed by atoms with E-state index in [1.54, 1.807) is 7.11 Å². The van der Waals surface area contributed by atoms with Crippen molar-refractivity contribution < 1.29 is 21.7 Å². The molecule has 0 saturated heterocycles. The third-order valence-electron chi connectivity index (χ3n) is 2.15. The van der Waals surface area contributed by atoms with Crippen LogP contribution in [0.15, 0.2) is 24.3 Å². The Bertz CT molecular complexity index is 278. The van der Waals surface area contributed by atoms with Gasteiger partial charge in [-0.2, -0.15) is 0 Å². The molecule has 86 valence electrons. The second-order valence-electron chi connectivity index (χ2n) is 3.73. The topological polar surface area (TPSA) is 21.3 Å². The van der Waals surface area contributed by atoms with Gasteiger partial charge >= 0.3 is 0 Å². The van der Waals surface area contributed by atoms with Crippen molar-refractivity contribution in [3.63, 3.8) is 0 Å². The summed E-state index contributed by atoms with van der Waals surface area (Å²) in [6, 6.07) is 8.95. The van der Waals surface area contributed by atoms with Gasteiger partial charge in [0.25, 0.3) is 0 Å². The summed E-state index contributed by atoms with van der Waals surface area (Å²) in [4.78, 5) is 0. The maximum Gasteiger partial charge on any atom is 0.0613 e. The van der Waals surface area contributed by atoms with Crippen LogP contribution in [0.3, 0.4) is 0 Å². The monoisotopic (exact) mass is 272 g/mol. The first kappa shape index (κ1) is 14.6. The third-order valence-corrected chi connectivity index (χ3v) is 2.15. The molecular weight excluding hydrogens is 254 g/mol. The van der Waals surface area contributed by atoms with Crippen molar-refractivity contribution in [3.05, 3.63) is 35.4 Å². The Balaban J connectivity index is 0.00000196. The van der Waals surface area contributed by atoms with Gasteiger partial charge in [-0.25, -0.2) is 0 Å². The maximum absolute atomic E-state index is 5.05. The molecule has 0 bridgehead atoms. The van der Waals surface area contributed by atoms with E-state index in [2.05, 4.69) is 43.4 Å². The van der Waals surface area contributed by atoms with Gasteiger partial charge in [0.2, 0.25) is 0 Å². The Hall–Kier alpha value is -0.380. The van der Waals surface area contributed by atoms with E-state index in [-0.39, 0.29) is 17.0 Å². The van der Waals surface area contributed by atoms with Crippen molar-refractivity contribution in [3.8, 4) is 0 Å². The van der Waals surface area contributed by atoms with Gasteiger partial charge in [-0.1, -0.05) is 29.8 Å². The van der Waals surface area contributed by atoms with Crippen molar-refractivity contribution in [1.82, 2.24) is 5.32 Å². The summed E-state index contributed by atoms with van der Waals surface area (Å²) < 4.78 is 5.05. The van der Waals surface area contributed by atoms with Gasteiger partial charge in [-0.15, -0.1) is 0 Å². The summed E-state index contributed by atoms with van der Waals surface area (Å²) in [6.07, 6.45) is 0. The van der Waals surface area contributed by atoms with Crippen LogP contribution in [0.4, 0.5) is 0 Å². The van der Waals surface area contributed by atoms with E-state index in [0.717, 1.165) is 13.2 Å². The first-order chi connectivity index (χ1) is 6.72. The van der Waals surface area contributed by atoms with Gasteiger partial charge in [0, 0.05) is 19.7 Å². The average molecular weight is 273 g/mol. The molecule has 1 rings (SSSR count). The zero-order valence-corrected chi connectivity index (χ0v) is 11.2. The van der Waals surface area contributed by atoms with E-state index < -0.39 is 0 Å². The van der Waals surface area contributed by atoms with E-state index in [0.29, 0.717) is 6.04 Å². The molecular formula is C12H19BrNO-. The molecule has 0 radical (unpaired) electrons. The minimum Gasteiger partial charge on any atom is -1.00 e. The number of benzene rings is 1. The van der Waals surface area contributed by atoms with Gasteiger partial charge in [-0.05, 0) is 19.4 Å². The molecule has 2 nitrogen and oxygen atoms in total. The molecule has 1 atom stereocenters. The summed E-state index contributed by atoms with van der Waals surface area (Å²) in [5, 5.41) is 3.40. The maximum atomic E-state index is 5.05. The number of hydrogen-bond acceptors (Lipinski definition) is 2. The second kappa shape index (κ2) is 7.85. The lowest BCUT2D eigenvalue weighted by Gasteiger charge is -2.12. The van der Waals surface area contributed by atoms with Crippen molar-refractivity contribution >= 4 is 0 Å². The molecule has 1 aromatic carbocycles. The molecule has 1 aromatic rings. The van der Waals surface area contributed by atoms with Gasteiger partial charge in [0.1, 0.15) is 0 Å². The molecule has 0 spiro atoms. The fourth-order valence-electron chi connectivity index (χ4n) is 1.42. The van der Waals surface area contributed by atoms with Crippen LogP contribution in [0.25, 0.3) is 0 Å². The number of ether oxygens (including phenoxy) is 1. The minimum atomic E-state index is 0. The van der Waals surface area contributed by atoms with Crippen LogP contribution >= 0.6 is 0 Å². The molecule has 0 aliphatic carbocycles. The SMILES string of the molecule is COCC(C)NCc1cccc(C)c1.[Br-]. The normalized spacial score (nSPS) is 11.9. The molecule has 0 aromatic heterocycles. The third kappa shape index (κ3) is 5.92. The Morgan fingerprint density at radius 2 is 2.13 bits per heavy atom. The number of aryl methyl sites for hydroxylation is 1. The molecule has 3 heteroatoms. The lowest BCUT2D eigenvalue weighted by molar-refractivity contribution is -0.00000338. The summed E-state index contributed by atoms with van der Waals surface area (Å²) in [6.45, 7) is 5.90. The molecule has 0 aliphatic heterocycles. The van der Waals surface area contributed by atoms with Gasteiger partial charge in [0.05, 0.1) is 6.61 Å². The summed E-state index contributed by atoms with van der Waals surface area (Å²) in [5.74, 6) is 0. The highest BCUT2D eigenvalue weighted by Gasteiger charge is 1.99. The number of nitrogens with one attached hydrogen (secondary N) is 1. The quantitative estimate of drug-likeness (QED) is 0.752. The van der Waals surface area contributed by atoms with Crippen LogP contribution in [0.5, 0.6) is 0 Å². The Morgan fingerprint density at radius 1 is 1.40 bits per heavy atom. The first-order valence-corrected chi connectivity index (χ1v) is 5.00. The fourth-order valence-corrected chi connectivity index (χ4v) is 1.42. The molecule has 1 unspecified atom stereocenters. The highest BCUT2D eigenvalue weighted by atomic mass is 79.9. The van der Waals surface area contributed by atoms with E-state index in [4.69, 9.17) is 4.74 Å². The lowest BCUT2D eigenvalue weighted by atomic mass is 10.1. The zero-order chi connectivity index (χ0) is 10.4. The predicted molar refractivity (Wildman–Crippen MR) is 59.4 cm³/mol. The van der Waals surface area contributed by atoms with Gasteiger partial charge in [0.15, 0.2) is 0 Å². The van der Waals surface area contributed by atoms with Crippen molar-refractivity contribution in [1.29, 1.82) is 0 Å². The number of rotatable bonds is 5. The molecule has 0 aliphatic rings. The second-order valence-corrected chi connectivity index (χ2v) is 3.73. The zero-order valence-electron chi connectivity index (χ0n) is 9.59. The molecule has 15 heavy (non-hydrogen) atoms. The van der Waals surface area contributed by atoms with Crippen LogP contribution in [-0.2, 0) is 11.3 Å². The number of halogens is 1. The molecule has 0 saturated carbocycles. The standard InChI is InChI=1S/C12H19NO.BrH/c1-10-5-4-6-12(7-10)8-13-11(2)9-14-3;/h4-7,11,13H,8-9H2,1-3H3;1H/p-1. The Kier molecular flexibility index (Phi) is 7.65. The first-order valence-electron chi connectivity index (χ1n) is 5.00. The fraction of sp³-hybridized carbons (Fsp3) is 0.500. The van der Waals surface area contributed by atoms with Crippen LogP contribution in [-0.4, -0.2) is 19.8 Å². The molecule has 0 fully saturated rings. The van der Waals surface area contributed by atoms with E-state index in [9.17, 15) is 0 Å². The van der Waals surface area contributed by atoms with E-state index >= 15 is 0 Å². The lowest BCUT2D eigenvalue weighted by Crippen LogP contribution is -3.00. The van der Waals surface area contributed by atoms with E-state index in [1.807, 2.05) is 0 Å². The Morgan fingerprint density at radius 3 is 2.73 bits per heavy atom. The largest absolute Gasteiger partial charge is 1.00 e. The highest BCUT2D eigenvalue weighted by Crippen LogP contribution is 2.03. The summed E-state index contributed by atoms with van der Waals surface area (Å²) in [5.41, 5.74) is 2.64. The molecule has 0 amide bonds. The van der Waals surface area contributed by atoms with Crippen molar-refractivity contribution in [2.45, 2.75) is 26.4 Å². The summed E-state index contributed by atoms with van der Waals surface area (Å²) in [7, 11) is 1.73. The van der Waals surface area contributed by atoms with Crippen LogP contribution in [0, 0.1) is 6.92 Å². The molecule has 0 heterocycles. The molecule has 1 N–H and O–H groups in total. The Labute approximate surface area is 103 Å². The predicted octanol–water partition coefficient (Wildman–Crippen LogP) is -0.876. The van der Waals surface area contributed by atoms with Gasteiger partial charge in [-0.3, -0.25) is 0 Å². The highest BCUT2D eigenvalue weighted by molar-refractivity contribution is 5.21. The van der Waals surface area contributed by atoms with Crippen molar-refractivity contribution in [2.75, 3.05) is 13.7 Å².